The van der Waals surface area contributed by atoms with E-state index in [1.165, 1.54) is 0 Å². The van der Waals surface area contributed by atoms with E-state index >= 15 is 0 Å². The summed E-state index contributed by atoms with van der Waals surface area (Å²) in [5.74, 6) is -1.29. The third-order valence-corrected chi connectivity index (χ3v) is 3.07. The van der Waals surface area contributed by atoms with E-state index in [0.29, 0.717) is 16.4 Å². The van der Waals surface area contributed by atoms with Gasteiger partial charge < -0.3 is 9.88 Å². The van der Waals surface area contributed by atoms with Crippen molar-refractivity contribution in [3.8, 4) is 0 Å². The van der Waals surface area contributed by atoms with E-state index in [1.807, 2.05) is 13.0 Å². The number of amides is 1. The molecule has 1 amide bonds. The number of nitrogens with one attached hydrogen (secondary N) is 1. The van der Waals surface area contributed by atoms with Gasteiger partial charge in [-0.2, -0.15) is 0 Å². The van der Waals surface area contributed by atoms with E-state index in [-0.39, 0.29) is 0 Å². The van der Waals surface area contributed by atoms with Crippen LogP contribution in [-0.4, -0.2) is 16.3 Å². The number of carbonyl (C=O) groups excluding carboxylic acids is 2. The van der Waals surface area contributed by atoms with Crippen LogP contribution in [-0.2, 0) is 11.8 Å². The molecule has 98 valence electrons. The van der Waals surface area contributed by atoms with Gasteiger partial charge in [0.15, 0.2) is 0 Å². The Morgan fingerprint density at radius 2 is 2.00 bits per heavy atom. The molecule has 5 heteroatoms. The Labute approximate surface area is 116 Å². The van der Waals surface area contributed by atoms with Gasteiger partial charge in [0.1, 0.15) is 0 Å². The van der Waals surface area contributed by atoms with Gasteiger partial charge in [-0.3, -0.25) is 9.59 Å². The molecular weight excluding hydrogens is 264 g/mol. The number of Topliss-reactive ketones (excluding diaryl/α,β-unsaturated/α-hetero) is 1. The second-order valence-electron chi connectivity index (χ2n) is 4.27. The lowest BCUT2D eigenvalue weighted by Crippen LogP contribution is -2.24. The molecule has 0 atom stereocenters. The zero-order chi connectivity index (χ0) is 14.0. The van der Waals surface area contributed by atoms with Gasteiger partial charge in [-0.15, -0.1) is 0 Å². The molecule has 4 nitrogen and oxygen atoms in total. The van der Waals surface area contributed by atoms with Crippen LogP contribution >= 0.6 is 11.6 Å². The van der Waals surface area contributed by atoms with Crippen molar-refractivity contribution in [2.45, 2.75) is 6.92 Å². The number of hydrogen-bond donors (Lipinski definition) is 1. The number of benzene rings is 1. The monoisotopic (exact) mass is 276 g/mol. The number of aromatic nitrogens is 1. The molecule has 0 bridgehead atoms. The van der Waals surface area contributed by atoms with Crippen molar-refractivity contribution >= 4 is 29.0 Å². The molecule has 0 unspecified atom stereocenters. The topological polar surface area (TPSA) is 51.1 Å². The highest BCUT2D eigenvalue weighted by Crippen LogP contribution is 2.22. The third-order valence-electron chi connectivity index (χ3n) is 2.76. The van der Waals surface area contributed by atoms with Crippen LogP contribution in [0, 0.1) is 6.92 Å². The molecule has 0 aliphatic carbocycles. The Morgan fingerprint density at radius 1 is 1.26 bits per heavy atom. The summed E-state index contributed by atoms with van der Waals surface area (Å²) in [4.78, 5) is 23.8. The maximum absolute atomic E-state index is 11.9. The first-order valence-corrected chi connectivity index (χ1v) is 6.10. The van der Waals surface area contributed by atoms with Crippen molar-refractivity contribution in [2.24, 2.45) is 7.05 Å². The molecule has 1 aromatic heterocycles. The van der Waals surface area contributed by atoms with Gasteiger partial charge in [-0.1, -0.05) is 17.7 Å². The largest absolute Gasteiger partial charge is 0.348 e. The highest BCUT2D eigenvalue weighted by atomic mass is 35.5. The number of rotatable bonds is 3. The Bertz CT molecular complexity index is 647. The van der Waals surface area contributed by atoms with Crippen LogP contribution in [0.3, 0.4) is 0 Å². The number of aryl methyl sites for hydroxylation is 2. The Morgan fingerprint density at radius 3 is 2.58 bits per heavy atom. The van der Waals surface area contributed by atoms with Gasteiger partial charge in [0.2, 0.25) is 0 Å². The lowest BCUT2D eigenvalue weighted by atomic mass is 10.2. The third kappa shape index (κ3) is 2.85. The summed E-state index contributed by atoms with van der Waals surface area (Å²) in [5, 5.41) is 2.93. The average Bonchev–Trinajstić information content (AvgIpc) is 2.78. The highest BCUT2D eigenvalue weighted by molar-refractivity contribution is 6.47. The Balaban J connectivity index is 2.18. The summed E-state index contributed by atoms with van der Waals surface area (Å²) < 4.78 is 1.60. The van der Waals surface area contributed by atoms with Gasteiger partial charge in [-0.25, -0.2) is 0 Å². The number of anilines is 1. The van der Waals surface area contributed by atoms with Crippen molar-refractivity contribution in [3.05, 3.63) is 52.8 Å². The molecule has 0 saturated heterocycles. The molecule has 1 aromatic carbocycles. The normalized spacial score (nSPS) is 10.3. The molecule has 2 aromatic rings. The Kier molecular flexibility index (Phi) is 3.71. The summed E-state index contributed by atoms with van der Waals surface area (Å²) in [7, 11) is 1.71. The fraction of sp³-hybridized carbons (Fsp3) is 0.143. The lowest BCUT2D eigenvalue weighted by Gasteiger charge is -2.07. The number of nitrogens with zero attached hydrogens (tertiary/aromatic N) is 1. The minimum atomic E-state index is -0.701. The van der Waals surface area contributed by atoms with Crippen molar-refractivity contribution < 1.29 is 9.59 Å². The van der Waals surface area contributed by atoms with Crippen molar-refractivity contribution in [3.63, 3.8) is 0 Å². The quantitative estimate of drug-likeness (QED) is 0.692. The molecule has 1 N–H and O–H groups in total. The predicted octanol–water partition coefficient (Wildman–Crippen LogP) is 2.81. The Hall–Kier alpha value is -2.07. The lowest BCUT2D eigenvalue weighted by molar-refractivity contribution is -0.112. The van der Waals surface area contributed by atoms with E-state index < -0.39 is 11.7 Å². The van der Waals surface area contributed by atoms with Crippen molar-refractivity contribution in [1.29, 1.82) is 0 Å². The smallest absolute Gasteiger partial charge is 0.298 e. The minimum absolute atomic E-state index is 0.334. The fourth-order valence-corrected chi connectivity index (χ4v) is 2.00. The van der Waals surface area contributed by atoms with E-state index in [0.717, 1.165) is 5.56 Å². The molecule has 0 fully saturated rings. The average molecular weight is 277 g/mol. The molecule has 0 saturated carbocycles. The highest BCUT2D eigenvalue weighted by Gasteiger charge is 2.19. The zero-order valence-corrected chi connectivity index (χ0v) is 11.4. The van der Waals surface area contributed by atoms with E-state index in [9.17, 15) is 9.59 Å². The number of halogens is 1. The standard InChI is InChI=1S/C14H13ClN2O2/c1-9-5-6-11(10(15)8-9)16-14(19)13(18)12-4-3-7-17(12)2/h3-8H,1-2H3,(H,16,19). The van der Waals surface area contributed by atoms with Gasteiger partial charge in [0.05, 0.1) is 16.4 Å². The second kappa shape index (κ2) is 5.28. The molecular formula is C14H13ClN2O2. The van der Waals surface area contributed by atoms with E-state index in [2.05, 4.69) is 5.32 Å². The molecule has 19 heavy (non-hydrogen) atoms. The molecule has 0 radical (unpaired) electrons. The first-order chi connectivity index (χ1) is 8.99. The van der Waals surface area contributed by atoms with Gasteiger partial charge in [-0.05, 0) is 36.8 Å². The SMILES string of the molecule is Cc1ccc(NC(=O)C(=O)c2cccn2C)c(Cl)c1. The molecule has 1 heterocycles. The zero-order valence-electron chi connectivity index (χ0n) is 10.6. The van der Waals surface area contributed by atoms with Crippen LogP contribution in [0.15, 0.2) is 36.5 Å². The summed E-state index contributed by atoms with van der Waals surface area (Å²) in [5.41, 5.74) is 1.75. The van der Waals surface area contributed by atoms with Gasteiger partial charge >= 0.3 is 0 Å². The van der Waals surface area contributed by atoms with Crippen molar-refractivity contribution in [1.82, 2.24) is 4.57 Å². The molecule has 2 rings (SSSR count). The maximum atomic E-state index is 11.9. The summed E-state index contributed by atoms with van der Waals surface area (Å²) in [6.07, 6.45) is 1.71. The molecule has 0 aliphatic heterocycles. The number of carbonyl (C=O) groups is 2. The number of hydrogen-bond acceptors (Lipinski definition) is 2. The fourth-order valence-electron chi connectivity index (χ4n) is 1.71. The summed E-state index contributed by atoms with van der Waals surface area (Å²) in [6, 6.07) is 8.52. The first kappa shape index (κ1) is 13.4. The maximum Gasteiger partial charge on any atom is 0.298 e. The second-order valence-corrected chi connectivity index (χ2v) is 4.68. The van der Waals surface area contributed by atoms with Crippen LogP contribution in [0.1, 0.15) is 16.1 Å². The summed E-state index contributed by atoms with van der Waals surface area (Å²) in [6.45, 7) is 1.90. The summed E-state index contributed by atoms with van der Waals surface area (Å²) >= 11 is 6.00. The van der Waals surface area contributed by atoms with Crippen LogP contribution in [0.2, 0.25) is 5.02 Å². The minimum Gasteiger partial charge on any atom is -0.348 e. The van der Waals surface area contributed by atoms with Crippen LogP contribution in [0.5, 0.6) is 0 Å². The first-order valence-electron chi connectivity index (χ1n) is 5.72. The van der Waals surface area contributed by atoms with Gasteiger partial charge in [0.25, 0.3) is 11.7 Å². The molecule has 0 spiro atoms. The van der Waals surface area contributed by atoms with Crippen LogP contribution < -0.4 is 5.32 Å². The predicted molar refractivity (Wildman–Crippen MR) is 74.6 cm³/mol. The van der Waals surface area contributed by atoms with E-state index in [1.54, 1.807) is 42.1 Å². The molecule has 0 aliphatic rings. The van der Waals surface area contributed by atoms with Crippen molar-refractivity contribution in [2.75, 3.05) is 5.32 Å². The van der Waals surface area contributed by atoms with Gasteiger partial charge in [0, 0.05) is 13.2 Å². The van der Waals surface area contributed by atoms with Crippen LogP contribution in [0.4, 0.5) is 5.69 Å². The van der Waals surface area contributed by atoms with E-state index in [4.69, 9.17) is 11.6 Å². The van der Waals surface area contributed by atoms with Crippen LogP contribution in [0.25, 0.3) is 0 Å². The number of ketones is 1.